The summed E-state index contributed by atoms with van der Waals surface area (Å²) in [6.45, 7) is 0. The zero-order chi connectivity index (χ0) is 15.9. The molecule has 0 fully saturated rings. The van der Waals surface area contributed by atoms with Crippen molar-refractivity contribution in [2.45, 2.75) is 4.90 Å². The van der Waals surface area contributed by atoms with Crippen LogP contribution in [0.3, 0.4) is 0 Å². The van der Waals surface area contributed by atoms with E-state index >= 15 is 0 Å². The van der Waals surface area contributed by atoms with Crippen molar-refractivity contribution in [1.82, 2.24) is 9.97 Å². The molecule has 0 bridgehead atoms. The largest absolute Gasteiger partial charge is 0.507 e. The third-order valence-corrected chi connectivity index (χ3v) is 4.12. The first kappa shape index (κ1) is 14.2. The Morgan fingerprint density at radius 3 is 2.50 bits per heavy atom. The molecule has 0 aliphatic carbocycles. The Labute approximate surface area is 126 Å². The van der Waals surface area contributed by atoms with Crippen molar-refractivity contribution in [3.63, 3.8) is 0 Å². The molecule has 1 aromatic heterocycles. The van der Waals surface area contributed by atoms with Gasteiger partial charge in [0.1, 0.15) is 5.75 Å². The van der Waals surface area contributed by atoms with Gasteiger partial charge in [0.15, 0.2) is 0 Å². The molecular weight excluding hydrogens is 304 g/mol. The molecule has 2 aromatic carbocycles. The second-order valence-corrected chi connectivity index (χ2v) is 6.28. The number of hydrogen-bond acceptors (Lipinski definition) is 6. The first-order valence-electron chi connectivity index (χ1n) is 6.23. The molecule has 8 heteroatoms. The summed E-state index contributed by atoms with van der Waals surface area (Å²) in [7, 11) is -3.80. The molecule has 0 saturated heterocycles. The lowest BCUT2D eigenvalue weighted by atomic mass is 10.0. The molecule has 3 rings (SSSR count). The smallest absolute Gasteiger partial charge is 0.238 e. The van der Waals surface area contributed by atoms with Crippen molar-refractivity contribution >= 4 is 26.7 Å². The van der Waals surface area contributed by atoms with Gasteiger partial charge >= 0.3 is 0 Å². The van der Waals surface area contributed by atoms with Crippen molar-refractivity contribution in [2.75, 3.05) is 5.73 Å². The number of aromatic nitrogens is 2. The van der Waals surface area contributed by atoms with E-state index in [-0.39, 0.29) is 16.6 Å². The summed E-state index contributed by atoms with van der Waals surface area (Å²) >= 11 is 0. The number of aromatic hydroxyl groups is 1. The fourth-order valence-corrected chi connectivity index (χ4v) is 2.72. The van der Waals surface area contributed by atoms with Crippen LogP contribution in [0.1, 0.15) is 0 Å². The highest BCUT2D eigenvalue weighted by molar-refractivity contribution is 7.89. The van der Waals surface area contributed by atoms with E-state index in [4.69, 9.17) is 10.9 Å². The van der Waals surface area contributed by atoms with Gasteiger partial charge in [-0.2, -0.15) is 0 Å². The second-order valence-electron chi connectivity index (χ2n) is 4.72. The van der Waals surface area contributed by atoms with Crippen molar-refractivity contribution in [2.24, 2.45) is 5.14 Å². The molecule has 0 radical (unpaired) electrons. The van der Waals surface area contributed by atoms with Gasteiger partial charge in [0.25, 0.3) is 0 Å². The summed E-state index contributed by atoms with van der Waals surface area (Å²) in [5.74, 6) is 0.0873. The Kier molecular flexibility index (Phi) is 3.19. The maximum absolute atomic E-state index is 11.4. The van der Waals surface area contributed by atoms with E-state index in [1.54, 1.807) is 18.2 Å². The van der Waals surface area contributed by atoms with Gasteiger partial charge in [0, 0.05) is 11.8 Å². The number of rotatable bonds is 2. The van der Waals surface area contributed by atoms with E-state index < -0.39 is 10.0 Å². The molecule has 0 saturated carbocycles. The van der Waals surface area contributed by atoms with Crippen molar-refractivity contribution < 1.29 is 13.5 Å². The first-order chi connectivity index (χ1) is 10.3. The number of phenolic OH excluding ortho intramolecular Hbond substituents is 1. The van der Waals surface area contributed by atoms with Crippen LogP contribution in [-0.4, -0.2) is 23.5 Å². The summed E-state index contributed by atoms with van der Waals surface area (Å²) in [5, 5.41) is 16.6. The maximum Gasteiger partial charge on any atom is 0.238 e. The lowest BCUT2D eigenvalue weighted by Gasteiger charge is -2.08. The molecule has 0 spiro atoms. The summed E-state index contributed by atoms with van der Waals surface area (Å²) in [4.78, 5) is 7.84. The predicted octanol–water partition coefficient (Wildman–Crippen LogP) is 1.23. The molecule has 1 heterocycles. The van der Waals surface area contributed by atoms with E-state index in [1.165, 1.54) is 24.4 Å². The number of phenols is 1. The monoisotopic (exact) mass is 316 g/mol. The zero-order valence-electron chi connectivity index (χ0n) is 11.3. The molecular formula is C14H12N4O3S. The summed E-state index contributed by atoms with van der Waals surface area (Å²) < 4.78 is 22.9. The second kappa shape index (κ2) is 4.93. The van der Waals surface area contributed by atoms with E-state index in [1.807, 2.05) is 0 Å². The fourth-order valence-electron chi connectivity index (χ4n) is 2.17. The van der Waals surface area contributed by atoms with Crippen molar-refractivity contribution in [1.29, 1.82) is 0 Å². The Bertz CT molecular complexity index is 987. The average molecular weight is 316 g/mol. The standard InChI is InChI=1S/C14H12N4O3S/c15-14-17-4-3-12(18-14)11-6-9-5-10(22(16,20)21)2-1-8(9)7-13(11)19/h1-7,19H,(H2,15,17,18)(H2,16,20,21). The van der Waals surface area contributed by atoms with E-state index in [9.17, 15) is 13.5 Å². The molecule has 0 amide bonds. The highest BCUT2D eigenvalue weighted by atomic mass is 32.2. The molecule has 7 nitrogen and oxygen atoms in total. The minimum Gasteiger partial charge on any atom is -0.507 e. The topological polar surface area (TPSA) is 132 Å². The third kappa shape index (κ3) is 2.57. The number of hydrogen-bond donors (Lipinski definition) is 3. The van der Waals surface area contributed by atoms with Gasteiger partial charge in [-0.15, -0.1) is 0 Å². The average Bonchev–Trinajstić information content (AvgIpc) is 2.45. The SMILES string of the molecule is Nc1nccc(-c2cc3cc(S(N)(=O)=O)ccc3cc2O)n1. The lowest BCUT2D eigenvalue weighted by Crippen LogP contribution is -2.11. The van der Waals surface area contributed by atoms with E-state index in [0.29, 0.717) is 22.0 Å². The number of nitrogens with two attached hydrogens (primary N) is 2. The molecule has 5 N–H and O–H groups in total. The highest BCUT2D eigenvalue weighted by Gasteiger charge is 2.12. The van der Waals surface area contributed by atoms with E-state index in [2.05, 4.69) is 9.97 Å². The summed E-state index contributed by atoms with van der Waals surface area (Å²) in [6.07, 6.45) is 1.47. The first-order valence-corrected chi connectivity index (χ1v) is 7.78. The molecule has 112 valence electrons. The third-order valence-electron chi connectivity index (χ3n) is 3.20. The number of nitrogen functional groups attached to an aromatic ring is 1. The number of fused-ring (bicyclic) bond motifs is 1. The number of primary sulfonamides is 1. The van der Waals surface area contributed by atoms with Crippen molar-refractivity contribution in [3.8, 4) is 17.0 Å². The Morgan fingerprint density at radius 2 is 1.82 bits per heavy atom. The Morgan fingerprint density at radius 1 is 1.05 bits per heavy atom. The van der Waals surface area contributed by atoms with E-state index in [0.717, 1.165) is 0 Å². The van der Waals surface area contributed by atoms with Gasteiger partial charge in [-0.25, -0.2) is 23.5 Å². The molecule has 0 aliphatic heterocycles. The minimum atomic E-state index is -3.80. The van der Waals surface area contributed by atoms with Crippen LogP contribution in [0.25, 0.3) is 22.0 Å². The van der Waals surface area contributed by atoms with Gasteiger partial charge < -0.3 is 10.8 Å². The normalized spacial score (nSPS) is 11.7. The van der Waals surface area contributed by atoms with Crippen LogP contribution in [0.2, 0.25) is 0 Å². The molecule has 0 unspecified atom stereocenters. The zero-order valence-corrected chi connectivity index (χ0v) is 12.1. The maximum atomic E-state index is 11.4. The van der Waals surface area contributed by atoms with Crippen LogP contribution >= 0.6 is 0 Å². The minimum absolute atomic E-state index is 0.00107. The quantitative estimate of drug-likeness (QED) is 0.651. The number of nitrogens with zero attached hydrogens (tertiary/aromatic N) is 2. The molecule has 3 aromatic rings. The van der Waals surface area contributed by atoms with Gasteiger partial charge in [0.05, 0.1) is 10.6 Å². The summed E-state index contributed by atoms with van der Waals surface area (Å²) in [6, 6.07) is 9.16. The fraction of sp³-hybridized carbons (Fsp3) is 0. The predicted molar refractivity (Wildman–Crippen MR) is 82.4 cm³/mol. The highest BCUT2D eigenvalue weighted by Crippen LogP contribution is 2.33. The van der Waals surface area contributed by atoms with Crippen LogP contribution in [-0.2, 0) is 10.0 Å². The van der Waals surface area contributed by atoms with Crippen LogP contribution in [0.15, 0.2) is 47.5 Å². The van der Waals surface area contributed by atoms with Crippen LogP contribution < -0.4 is 10.9 Å². The Balaban J connectivity index is 2.26. The molecule has 22 heavy (non-hydrogen) atoms. The van der Waals surface area contributed by atoms with Crippen LogP contribution in [0.5, 0.6) is 5.75 Å². The molecule has 0 atom stereocenters. The number of sulfonamides is 1. The van der Waals surface area contributed by atoms with Gasteiger partial charge in [-0.3, -0.25) is 0 Å². The van der Waals surface area contributed by atoms with Gasteiger partial charge in [-0.05, 0) is 41.1 Å². The number of anilines is 1. The van der Waals surface area contributed by atoms with Crippen LogP contribution in [0, 0.1) is 0 Å². The van der Waals surface area contributed by atoms with Crippen LogP contribution in [0.4, 0.5) is 5.95 Å². The van der Waals surface area contributed by atoms with Gasteiger partial charge in [-0.1, -0.05) is 6.07 Å². The lowest BCUT2D eigenvalue weighted by molar-refractivity contribution is 0.478. The van der Waals surface area contributed by atoms with Gasteiger partial charge in [0.2, 0.25) is 16.0 Å². The molecule has 0 aliphatic rings. The van der Waals surface area contributed by atoms with Crippen molar-refractivity contribution in [3.05, 3.63) is 42.6 Å². The number of benzene rings is 2. The summed E-state index contributed by atoms with van der Waals surface area (Å²) in [5.41, 5.74) is 6.40. The Hall–Kier alpha value is -2.71.